The maximum atomic E-state index is 12.4. The van der Waals surface area contributed by atoms with E-state index < -0.39 is 5.91 Å². The quantitative estimate of drug-likeness (QED) is 0.447. The highest BCUT2D eigenvalue weighted by molar-refractivity contribution is 7.17. The van der Waals surface area contributed by atoms with Gasteiger partial charge in [-0.1, -0.05) is 41.6 Å². The molecule has 0 saturated carbocycles. The van der Waals surface area contributed by atoms with Crippen LogP contribution < -0.4 is 10.9 Å². The zero-order valence-electron chi connectivity index (χ0n) is 16.5. The third-order valence-electron chi connectivity index (χ3n) is 4.27. The minimum atomic E-state index is -0.416. The first-order valence-electron chi connectivity index (χ1n) is 9.46. The van der Waals surface area contributed by atoms with Crippen molar-refractivity contribution in [1.29, 1.82) is 0 Å². The SMILES string of the molecule is Cc1nc(-c2ccccc2)sc1C(=O)NNC(=O)CCc1nc(-c2ccccn2)no1. The van der Waals surface area contributed by atoms with Crippen LogP contribution >= 0.6 is 11.3 Å². The molecule has 9 nitrogen and oxygen atoms in total. The Labute approximate surface area is 181 Å². The van der Waals surface area contributed by atoms with Gasteiger partial charge in [-0.05, 0) is 19.1 Å². The molecule has 0 aliphatic carbocycles. The molecule has 2 N–H and O–H groups in total. The molecule has 2 amide bonds. The van der Waals surface area contributed by atoms with E-state index in [1.165, 1.54) is 11.3 Å². The summed E-state index contributed by atoms with van der Waals surface area (Å²) < 4.78 is 5.15. The molecule has 1 aromatic carbocycles. The first kappa shape index (κ1) is 20.4. The van der Waals surface area contributed by atoms with Gasteiger partial charge < -0.3 is 4.52 Å². The Kier molecular flexibility index (Phi) is 6.08. The molecule has 3 heterocycles. The Hall–Kier alpha value is -3.92. The Balaban J connectivity index is 1.29. The average Bonchev–Trinajstić information content (AvgIpc) is 3.44. The molecule has 3 aromatic heterocycles. The lowest BCUT2D eigenvalue weighted by molar-refractivity contribution is -0.121. The number of hydrogen-bond donors (Lipinski definition) is 2. The summed E-state index contributed by atoms with van der Waals surface area (Å²) in [7, 11) is 0. The number of nitrogens with zero attached hydrogens (tertiary/aromatic N) is 4. The predicted octanol–water partition coefficient (Wildman–Crippen LogP) is 2.96. The number of carbonyl (C=O) groups is 2. The maximum Gasteiger partial charge on any atom is 0.281 e. The molecule has 4 aromatic rings. The minimum Gasteiger partial charge on any atom is -0.339 e. The highest BCUT2D eigenvalue weighted by Gasteiger charge is 2.17. The largest absolute Gasteiger partial charge is 0.339 e. The highest BCUT2D eigenvalue weighted by atomic mass is 32.1. The number of thiazole rings is 1. The molecule has 0 aliphatic heterocycles. The molecular weight excluding hydrogens is 416 g/mol. The lowest BCUT2D eigenvalue weighted by Crippen LogP contribution is -2.41. The van der Waals surface area contributed by atoms with Crippen molar-refractivity contribution in [3.8, 4) is 22.1 Å². The summed E-state index contributed by atoms with van der Waals surface area (Å²) in [6.45, 7) is 1.76. The van der Waals surface area contributed by atoms with E-state index in [9.17, 15) is 9.59 Å². The van der Waals surface area contributed by atoms with E-state index in [1.807, 2.05) is 36.4 Å². The van der Waals surface area contributed by atoms with Crippen molar-refractivity contribution in [3.05, 3.63) is 71.2 Å². The third-order valence-corrected chi connectivity index (χ3v) is 5.47. The van der Waals surface area contributed by atoms with Crippen molar-refractivity contribution in [2.24, 2.45) is 0 Å². The van der Waals surface area contributed by atoms with Crippen molar-refractivity contribution in [1.82, 2.24) is 31.0 Å². The molecule has 0 radical (unpaired) electrons. The second-order valence-corrected chi connectivity index (χ2v) is 7.53. The summed E-state index contributed by atoms with van der Waals surface area (Å²) in [5.74, 6) is -0.121. The second-order valence-electron chi connectivity index (χ2n) is 6.53. The monoisotopic (exact) mass is 434 g/mol. The number of pyridine rings is 1. The number of aromatic nitrogens is 4. The molecule has 0 aliphatic rings. The molecule has 0 saturated heterocycles. The van der Waals surface area contributed by atoms with Gasteiger partial charge in [0.15, 0.2) is 0 Å². The minimum absolute atomic E-state index is 0.0705. The average molecular weight is 434 g/mol. The van der Waals surface area contributed by atoms with Gasteiger partial charge in [0, 0.05) is 24.6 Å². The molecule has 0 fully saturated rings. The summed E-state index contributed by atoms with van der Waals surface area (Å²) in [6, 6.07) is 15.0. The molecule has 0 unspecified atom stereocenters. The standard InChI is InChI=1S/C21H18N6O3S/c1-13-18(31-21(23-13)14-7-3-2-4-8-14)20(29)26-25-16(28)10-11-17-24-19(27-30-17)15-9-5-6-12-22-15/h2-9,12H,10-11H2,1H3,(H,25,28)(H,26,29). The van der Waals surface area contributed by atoms with E-state index in [-0.39, 0.29) is 18.7 Å². The molecular formula is C21H18N6O3S. The van der Waals surface area contributed by atoms with Crippen molar-refractivity contribution < 1.29 is 14.1 Å². The van der Waals surface area contributed by atoms with Gasteiger partial charge in [-0.15, -0.1) is 11.3 Å². The van der Waals surface area contributed by atoms with Crippen LogP contribution in [0.15, 0.2) is 59.3 Å². The lowest BCUT2D eigenvalue weighted by atomic mass is 10.2. The molecule has 4 rings (SSSR count). The van der Waals surface area contributed by atoms with E-state index >= 15 is 0 Å². The number of hydrogen-bond acceptors (Lipinski definition) is 8. The Morgan fingerprint density at radius 3 is 2.61 bits per heavy atom. The van der Waals surface area contributed by atoms with Gasteiger partial charge in [-0.3, -0.25) is 25.4 Å². The normalized spacial score (nSPS) is 10.6. The predicted molar refractivity (Wildman–Crippen MR) is 114 cm³/mol. The van der Waals surface area contributed by atoms with Crippen molar-refractivity contribution in [2.45, 2.75) is 19.8 Å². The van der Waals surface area contributed by atoms with Crippen molar-refractivity contribution in [2.75, 3.05) is 0 Å². The van der Waals surface area contributed by atoms with Gasteiger partial charge in [-0.25, -0.2) is 4.98 Å². The number of benzene rings is 1. The summed E-state index contributed by atoms with van der Waals surface area (Å²) in [5.41, 5.74) is 6.95. The van der Waals surface area contributed by atoms with Crippen LogP contribution in [-0.4, -0.2) is 31.9 Å². The zero-order chi connectivity index (χ0) is 21.6. The summed E-state index contributed by atoms with van der Waals surface area (Å²) >= 11 is 1.27. The van der Waals surface area contributed by atoms with Crippen molar-refractivity contribution in [3.63, 3.8) is 0 Å². The van der Waals surface area contributed by atoms with Gasteiger partial charge >= 0.3 is 0 Å². The summed E-state index contributed by atoms with van der Waals surface area (Å²) in [6.07, 6.45) is 1.94. The van der Waals surface area contributed by atoms with Crippen LogP contribution in [0.1, 0.15) is 27.7 Å². The second kappa shape index (κ2) is 9.26. The fraction of sp³-hybridized carbons (Fsp3) is 0.143. The van der Waals surface area contributed by atoms with Crippen LogP contribution in [0.25, 0.3) is 22.1 Å². The number of carbonyl (C=O) groups excluding carboxylic acids is 2. The fourth-order valence-corrected chi connectivity index (χ4v) is 3.70. The van der Waals surface area contributed by atoms with E-state index in [0.717, 1.165) is 10.6 Å². The van der Waals surface area contributed by atoms with Gasteiger partial charge in [0.05, 0.1) is 5.69 Å². The molecule has 0 atom stereocenters. The van der Waals surface area contributed by atoms with Gasteiger partial charge in [0.25, 0.3) is 5.91 Å². The van der Waals surface area contributed by atoms with Gasteiger partial charge in [-0.2, -0.15) is 4.98 Å². The smallest absolute Gasteiger partial charge is 0.281 e. The van der Waals surface area contributed by atoms with Crippen LogP contribution in [-0.2, 0) is 11.2 Å². The Morgan fingerprint density at radius 2 is 1.84 bits per heavy atom. The van der Waals surface area contributed by atoms with E-state index in [0.29, 0.717) is 28.0 Å². The topological polar surface area (TPSA) is 123 Å². The first-order chi connectivity index (χ1) is 15.1. The highest BCUT2D eigenvalue weighted by Crippen LogP contribution is 2.27. The van der Waals surface area contributed by atoms with Crippen LogP contribution in [0.3, 0.4) is 0 Å². The summed E-state index contributed by atoms with van der Waals surface area (Å²) in [4.78, 5) is 37.8. The molecule has 31 heavy (non-hydrogen) atoms. The van der Waals surface area contributed by atoms with E-state index in [4.69, 9.17) is 4.52 Å². The van der Waals surface area contributed by atoms with Crippen LogP contribution in [0.5, 0.6) is 0 Å². The number of nitrogens with one attached hydrogen (secondary N) is 2. The van der Waals surface area contributed by atoms with E-state index in [1.54, 1.807) is 25.3 Å². The molecule has 156 valence electrons. The molecule has 0 bridgehead atoms. The number of hydrazine groups is 1. The molecule has 10 heteroatoms. The third kappa shape index (κ3) is 4.98. The maximum absolute atomic E-state index is 12.4. The van der Waals surface area contributed by atoms with Gasteiger partial charge in [0.2, 0.25) is 17.6 Å². The van der Waals surface area contributed by atoms with E-state index in [2.05, 4.69) is 31.0 Å². The van der Waals surface area contributed by atoms with Crippen LogP contribution in [0.4, 0.5) is 0 Å². The Bertz CT molecular complexity index is 1190. The van der Waals surface area contributed by atoms with Crippen LogP contribution in [0, 0.1) is 6.92 Å². The molecule has 0 spiro atoms. The number of amides is 2. The fourth-order valence-electron chi connectivity index (χ4n) is 2.73. The van der Waals surface area contributed by atoms with Crippen LogP contribution in [0.2, 0.25) is 0 Å². The van der Waals surface area contributed by atoms with Crippen molar-refractivity contribution >= 4 is 23.2 Å². The Morgan fingerprint density at radius 1 is 1.03 bits per heavy atom. The lowest BCUT2D eigenvalue weighted by Gasteiger charge is -2.05. The van der Waals surface area contributed by atoms with Gasteiger partial charge in [0.1, 0.15) is 15.6 Å². The first-order valence-corrected chi connectivity index (χ1v) is 10.3. The zero-order valence-corrected chi connectivity index (χ0v) is 17.3. The number of aryl methyl sites for hydroxylation is 2. The summed E-state index contributed by atoms with van der Waals surface area (Å²) in [5, 5.41) is 4.60. The number of rotatable bonds is 6.